The second-order valence-corrected chi connectivity index (χ2v) is 7.77. The van der Waals surface area contributed by atoms with Crippen molar-refractivity contribution in [3.8, 4) is 0 Å². The molecule has 160 valence electrons. The highest BCUT2D eigenvalue weighted by molar-refractivity contribution is 6.30. The van der Waals surface area contributed by atoms with Gasteiger partial charge in [-0.25, -0.2) is 0 Å². The zero-order valence-electron chi connectivity index (χ0n) is 16.7. The molecular formula is C21H25ClN4O4. The number of amides is 2. The summed E-state index contributed by atoms with van der Waals surface area (Å²) in [5.41, 5.74) is 7.04. The summed E-state index contributed by atoms with van der Waals surface area (Å²) in [6.45, 7) is 1.41. The van der Waals surface area contributed by atoms with E-state index < -0.39 is 5.41 Å². The highest BCUT2D eigenvalue weighted by Crippen LogP contribution is 2.34. The van der Waals surface area contributed by atoms with Crippen LogP contribution in [-0.2, 0) is 27.3 Å². The van der Waals surface area contributed by atoms with Crippen molar-refractivity contribution in [2.75, 3.05) is 26.7 Å². The summed E-state index contributed by atoms with van der Waals surface area (Å²) in [6, 6.07) is 11.2. The maximum atomic E-state index is 12.5. The maximum absolute atomic E-state index is 12.5. The number of rotatable bonds is 7. The van der Waals surface area contributed by atoms with E-state index in [0.29, 0.717) is 31.1 Å². The van der Waals surface area contributed by atoms with Crippen molar-refractivity contribution in [1.29, 1.82) is 0 Å². The number of nitrogens with zero attached hydrogens (tertiary/aromatic N) is 3. The fourth-order valence-corrected chi connectivity index (χ4v) is 3.52. The van der Waals surface area contributed by atoms with Crippen molar-refractivity contribution >= 4 is 29.9 Å². The Morgan fingerprint density at radius 3 is 2.30 bits per heavy atom. The van der Waals surface area contributed by atoms with Crippen LogP contribution in [-0.4, -0.2) is 64.9 Å². The quantitative estimate of drug-likeness (QED) is 0.639. The first-order chi connectivity index (χ1) is 14.3. The number of aromatic nitrogens is 1. The molecule has 30 heavy (non-hydrogen) atoms. The molecule has 3 N–H and O–H groups in total. The van der Waals surface area contributed by atoms with Gasteiger partial charge in [0, 0.05) is 37.1 Å². The molecule has 0 aliphatic carbocycles. The Morgan fingerprint density at radius 2 is 1.77 bits per heavy atom. The van der Waals surface area contributed by atoms with Crippen molar-refractivity contribution in [3.05, 3.63) is 64.9 Å². The van der Waals surface area contributed by atoms with Gasteiger partial charge < -0.3 is 15.7 Å². The highest BCUT2D eigenvalue weighted by Gasteiger charge is 2.49. The van der Waals surface area contributed by atoms with Gasteiger partial charge in [0.2, 0.25) is 11.8 Å². The Bertz CT molecular complexity index is 855. The summed E-state index contributed by atoms with van der Waals surface area (Å²) >= 11 is 5.91. The maximum Gasteiger partial charge on any atom is 0.290 e. The van der Waals surface area contributed by atoms with Crippen LogP contribution in [0.2, 0.25) is 5.02 Å². The van der Waals surface area contributed by atoms with Gasteiger partial charge in [0.25, 0.3) is 6.47 Å². The molecular weight excluding hydrogens is 408 g/mol. The van der Waals surface area contributed by atoms with E-state index in [9.17, 15) is 9.59 Å². The molecule has 0 bridgehead atoms. The average molecular weight is 433 g/mol. The van der Waals surface area contributed by atoms with Crippen LogP contribution in [0.5, 0.6) is 0 Å². The summed E-state index contributed by atoms with van der Waals surface area (Å²) in [5.74, 6) is -0.369. The van der Waals surface area contributed by atoms with Crippen molar-refractivity contribution in [2.24, 2.45) is 11.1 Å². The number of likely N-dealkylation sites (N-methyl/N-ethyl adjacent to an activating group) is 1. The number of hydrogen-bond donors (Lipinski definition) is 2. The minimum Gasteiger partial charge on any atom is -0.483 e. The minimum atomic E-state index is -0.701. The SMILES string of the molecule is CN(CC(=O)N1CC(Cc2ccc(Cl)cc2)(C(N)=O)C1)Cc1ccncc1.O=CO. The number of primary amides is 1. The van der Waals surface area contributed by atoms with Crippen molar-refractivity contribution in [2.45, 2.75) is 13.0 Å². The van der Waals surface area contributed by atoms with Gasteiger partial charge in [-0.05, 0) is 48.9 Å². The molecule has 0 spiro atoms. The first kappa shape index (κ1) is 23.3. The van der Waals surface area contributed by atoms with Crippen molar-refractivity contribution in [3.63, 3.8) is 0 Å². The van der Waals surface area contributed by atoms with Crippen LogP contribution in [0.25, 0.3) is 0 Å². The number of carbonyl (C=O) groups is 3. The van der Waals surface area contributed by atoms with Crippen LogP contribution in [0, 0.1) is 5.41 Å². The lowest BCUT2D eigenvalue weighted by molar-refractivity contribution is -0.152. The van der Waals surface area contributed by atoms with Crippen LogP contribution in [0.4, 0.5) is 0 Å². The van der Waals surface area contributed by atoms with Gasteiger partial charge in [0.1, 0.15) is 0 Å². The molecule has 1 saturated heterocycles. The Labute approximate surface area is 180 Å². The Balaban J connectivity index is 0.00000101. The number of benzene rings is 1. The van der Waals surface area contributed by atoms with E-state index in [2.05, 4.69) is 4.98 Å². The fourth-order valence-electron chi connectivity index (χ4n) is 3.40. The number of pyridine rings is 1. The molecule has 0 atom stereocenters. The Hall–Kier alpha value is -2.97. The molecule has 2 aromatic rings. The number of nitrogens with two attached hydrogens (primary N) is 1. The molecule has 1 aromatic heterocycles. The predicted octanol–water partition coefficient (Wildman–Crippen LogP) is 1.42. The van der Waals surface area contributed by atoms with Crippen LogP contribution >= 0.6 is 11.6 Å². The normalized spacial score (nSPS) is 14.3. The zero-order valence-corrected chi connectivity index (χ0v) is 17.5. The van der Waals surface area contributed by atoms with Crippen molar-refractivity contribution in [1.82, 2.24) is 14.8 Å². The predicted molar refractivity (Wildman–Crippen MR) is 113 cm³/mol. The number of halogens is 1. The molecule has 1 aliphatic rings. The zero-order chi connectivity index (χ0) is 22.1. The molecule has 8 nitrogen and oxygen atoms in total. The van der Waals surface area contributed by atoms with Gasteiger partial charge >= 0.3 is 0 Å². The van der Waals surface area contributed by atoms with E-state index in [1.54, 1.807) is 29.4 Å². The van der Waals surface area contributed by atoms with E-state index in [1.807, 2.05) is 36.2 Å². The number of likely N-dealkylation sites (tertiary alicyclic amines) is 1. The van der Waals surface area contributed by atoms with Gasteiger partial charge in [-0.15, -0.1) is 0 Å². The standard InChI is InChI=1S/C20H23ClN4O2.CH2O2/c1-24(11-16-6-8-23-9-7-16)12-18(26)25-13-20(14-25,19(22)27)10-15-2-4-17(21)5-3-15;2-1-3/h2-9H,10-14H2,1H3,(H2,22,27);1H,(H,2,3). The van der Waals surface area contributed by atoms with Gasteiger partial charge in [-0.1, -0.05) is 23.7 Å². The largest absolute Gasteiger partial charge is 0.483 e. The molecule has 2 heterocycles. The van der Waals surface area contributed by atoms with Crippen molar-refractivity contribution < 1.29 is 19.5 Å². The van der Waals surface area contributed by atoms with E-state index in [4.69, 9.17) is 27.2 Å². The second-order valence-electron chi connectivity index (χ2n) is 7.33. The van der Waals surface area contributed by atoms with E-state index >= 15 is 0 Å². The Kier molecular flexibility index (Phi) is 8.32. The molecule has 2 amide bonds. The first-order valence-electron chi connectivity index (χ1n) is 9.27. The lowest BCUT2D eigenvalue weighted by atomic mass is 9.74. The molecule has 1 aromatic carbocycles. The second kappa shape index (κ2) is 10.7. The Morgan fingerprint density at radius 1 is 1.20 bits per heavy atom. The van der Waals surface area contributed by atoms with Gasteiger partial charge in [-0.3, -0.25) is 24.3 Å². The van der Waals surface area contributed by atoms with Gasteiger partial charge in [-0.2, -0.15) is 0 Å². The summed E-state index contributed by atoms with van der Waals surface area (Å²) < 4.78 is 0. The van der Waals surface area contributed by atoms with Gasteiger partial charge in [0.05, 0.1) is 12.0 Å². The third-order valence-electron chi connectivity index (χ3n) is 4.93. The molecule has 0 radical (unpaired) electrons. The van der Waals surface area contributed by atoms with Crippen LogP contribution in [0.1, 0.15) is 11.1 Å². The van der Waals surface area contributed by atoms with E-state index in [-0.39, 0.29) is 24.8 Å². The highest BCUT2D eigenvalue weighted by atomic mass is 35.5. The fraction of sp³-hybridized carbons (Fsp3) is 0.333. The van der Waals surface area contributed by atoms with E-state index in [0.717, 1.165) is 11.1 Å². The number of hydrogen-bond acceptors (Lipinski definition) is 5. The average Bonchev–Trinajstić information content (AvgIpc) is 2.66. The monoisotopic (exact) mass is 432 g/mol. The third-order valence-corrected chi connectivity index (χ3v) is 5.18. The lowest BCUT2D eigenvalue weighted by Crippen LogP contribution is -2.65. The van der Waals surface area contributed by atoms with E-state index in [1.165, 1.54) is 0 Å². The molecule has 9 heteroatoms. The molecule has 0 saturated carbocycles. The minimum absolute atomic E-state index is 0.000428. The molecule has 0 unspecified atom stereocenters. The summed E-state index contributed by atoms with van der Waals surface area (Å²) in [4.78, 5) is 40.6. The van der Waals surface area contributed by atoms with Crippen LogP contribution in [0.15, 0.2) is 48.8 Å². The first-order valence-corrected chi connectivity index (χ1v) is 9.65. The number of carbonyl (C=O) groups excluding carboxylic acids is 2. The summed E-state index contributed by atoms with van der Waals surface area (Å²) in [7, 11) is 1.90. The third kappa shape index (κ3) is 6.27. The molecule has 1 aliphatic heterocycles. The van der Waals surface area contributed by atoms with Gasteiger partial charge in [0.15, 0.2) is 0 Å². The summed E-state index contributed by atoms with van der Waals surface area (Å²) in [6.07, 6.45) is 3.98. The summed E-state index contributed by atoms with van der Waals surface area (Å²) in [5, 5.41) is 7.54. The molecule has 3 rings (SSSR count). The lowest BCUT2D eigenvalue weighted by Gasteiger charge is -2.48. The van der Waals surface area contributed by atoms with Crippen LogP contribution in [0.3, 0.4) is 0 Å². The molecule has 1 fully saturated rings. The van der Waals surface area contributed by atoms with Crippen LogP contribution < -0.4 is 5.73 Å². The smallest absolute Gasteiger partial charge is 0.290 e. The number of carboxylic acid groups (broad SMARTS) is 1. The topological polar surface area (TPSA) is 117 Å².